The minimum atomic E-state index is -4.74. The second-order valence-corrected chi connectivity index (χ2v) is 5.81. The summed E-state index contributed by atoms with van der Waals surface area (Å²) < 4.78 is 43.3. The summed E-state index contributed by atoms with van der Waals surface area (Å²) in [6.07, 6.45) is -4.92. The summed E-state index contributed by atoms with van der Waals surface area (Å²) >= 11 is 0. The van der Waals surface area contributed by atoms with Crippen molar-refractivity contribution < 1.29 is 32.6 Å². The number of ether oxygens (including phenoxy) is 1. The van der Waals surface area contributed by atoms with Crippen LogP contribution in [0.15, 0.2) is 6.20 Å². The first kappa shape index (κ1) is 18.8. The molecule has 0 radical (unpaired) electrons. The van der Waals surface area contributed by atoms with E-state index >= 15 is 0 Å². The zero-order valence-corrected chi connectivity index (χ0v) is 12.8. The topological polar surface area (TPSA) is 104 Å². The zero-order valence-electron chi connectivity index (χ0n) is 12.8. The monoisotopic (exact) mass is 337 g/mol. The van der Waals surface area contributed by atoms with Crippen molar-refractivity contribution in [3.05, 3.63) is 17.5 Å². The van der Waals surface area contributed by atoms with E-state index in [0.717, 1.165) is 6.20 Å². The van der Waals surface area contributed by atoms with Crippen molar-refractivity contribution in [1.82, 2.24) is 15.5 Å². The highest BCUT2D eigenvalue weighted by Gasteiger charge is 2.39. The predicted molar refractivity (Wildman–Crippen MR) is 72.8 cm³/mol. The fourth-order valence-electron chi connectivity index (χ4n) is 1.83. The van der Waals surface area contributed by atoms with Gasteiger partial charge in [-0.05, 0) is 27.2 Å². The SMILES string of the molecule is CC(C)(C)OC(=O)NCCC(C(=O)O)c1cn[nH]c1C(F)(F)F. The quantitative estimate of drug-likeness (QED) is 0.766. The third-order valence-electron chi connectivity index (χ3n) is 2.73. The number of hydrogen-bond donors (Lipinski definition) is 3. The number of carbonyl (C=O) groups excluding carboxylic acids is 1. The Kier molecular flexibility index (Phi) is 5.62. The number of hydrogen-bond acceptors (Lipinski definition) is 4. The van der Waals surface area contributed by atoms with Crippen LogP contribution < -0.4 is 5.32 Å². The lowest BCUT2D eigenvalue weighted by Crippen LogP contribution is -2.34. The van der Waals surface area contributed by atoms with Crippen molar-refractivity contribution in [2.75, 3.05) is 6.54 Å². The zero-order chi connectivity index (χ0) is 17.8. The number of carbonyl (C=O) groups is 2. The highest BCUT2D eigenvalue weighted by atomic mass is 19.4. The van der Waals surface area contributed by atoms with Gasteiger partial charge in [-0.15, -0.1) is 0 Å². The molecule has 3 N–H and O–H groups in total. The molecular formula is C13H18F3N3O4. The first-order chi connectivity index (χ1) is 10.4. The van der Waals surface area contributed by atoms with E-state index in [-0.39, 0.29) is 13.0 Å². The van der Waals surface area contributed by atoms with Gasteiger partial charge in [-0.1, -0.05) is 0 Å². The molecule has 10 heteroatoms. The number of carboxylic acid groups (broad SMARTS) is 1. The minimum Gasteiger partial charge on any atom is -0.481 e. The van der Waals surface area contributed by atoms with Gasteiger partial charge in [-0.25, -0.2) is 4.79 Å². The first-order valence-corrected chi connectivity index (χ1v) is 6.72. The van der Waals surface area contributed by atoms with Gasteiger partial charge in [0.1, 0.15) is 11.3 Å². The number of halogens is 3. The lowest BCUT2D eigenvalue weighted by Gasteiger charge is -2.20. The normalized spacial score (nSPS) is 13.5. The van der Waals surface area contributed by atoms with E-state index in [1.807, 2.05) is 0 Å². The lowest BCUT2D eigenvalue weighted by atomic mass is 9.96. The molecule has 1 aromatic heterocycles. The molecule has 0 saturated carbocycles. The largest absolute Gasteiger partial charge is 0.481 e. The number of aliphatic carboxylic acids is 1. The Morgan fingerprint density at radius 3 is 2.48 bits per heavy atom. The fourth-order valence-corrected chi connectivity index (χ4v) is 1.83. The molecular weight excluding hydrogens is 319 g/mol. The number of alkyl halides is 3. The maximum absolute atomic E-state index is 12.8. The van der Waals surface area contributed by atoms with Gasteiger partial charge in [0.25, 0.3) is 0 Å². The number of aromatic amines is 1. The molecule has 1 unspecified atom stereocenters. The summed E-state index contributed by atoms with van der Waals surface area (Å²) in [7, 11) is 0. The van der Waals surface area contributed by atoms with Crippen LogP contribution >= 0.6 is 0 Å². The van der Waals surface area contributed by atoms with Gasteiger partial charge >= 0.3 is 18.2 Å². The molecule has 1 amide bonds. The number of amides is 1. The van der Waals surface area contributed by atoms with Gasteiger partial charge in [0, 0.05) is 12.1 Å². The fraction of sp³-hybridized carbons (Fsp3) is 0.615. The van der Waals surface area contributed by atoms with E-state index in [0.29, 0.717) is 0 Å². The van der Waals surface area contributed by atoms with E-state index in [1.165, 1.54) is 0 Å². The molecule has 0 spiro atoms. The van der Waals surface area contributed by atoms with E-state index in [1.54, 1.807) is 25.9 Å². The maximum atomic E-state index is 12.8. The summed E-state index contributed by atoms with van der Waals surface area (Å²) in [5.74, 6) is -2.90. The van der Waals surface area contributed by atoms with Crippen LogP contribution in [0.4, 0.5) is 18.0 Å². The average molecular weight is 337 g/mol. The third kappa shape index (κ3) is 5.80. The number of alkyl carbamates (subject to hydrolysis) is 1. The van der Waals surface area contributed by atoms with Gasteiger partial charge in [0.2, 0.25) is 0 Å². The van der Waals surface area contributed by atoms with Crippen molar-refractivity contribution in [2.45, 2.75) is 44.9 Å². The van der Waals surface area contributed by atoms with Crippen LogP contribution in [0.2, 0.25) is 0 Å². The van der Waals surface area contributed by atoms with Crippen LogP contribution in [0.3, 0.4) is 0 Å². The Labute approximate surface area is 130 Å². The minimum absolute atomic E-state index is 0.158. The Hall–Kier alpha value is -2.26. The highest BCUT2D eigenvalue weighted by Crippen LogP contribution is 2.34. The molecule has 1 heterocycles. The molecule has 0 fully saturated rings. The summed E-state index contributed by atoms with van der Waals surface area (Å²) in [5.41, 5.74) is -2.41. The van der Waals surface area contributed by atoms with Crippen LogP contribution in [0, 0.1) is 0 Å². The molecule has 130 valence electrons. The maximum Gasteiger partial charge on any atom is 0.433 e. The second kappa shape index (κ2) is 6.88. The number of H-pyrrole nitrogens is 1. The van der Waals surface area contributed by atoms with Crippen molar-refractivity contribution in [3.8, 4) is 0 Å². The molecule has 0 aromatic carbocycles. The number of rotatable bonds is 5. The summed E-state index contributed by atoms with van der Waals surface area (Å²) in [5, 5.41) is 16.5. The van der Waals surface area contributed by atoms with E-state index in [9.17, 15) is 22.8 Å². The second-order valence-electron chi connectivity index (χ2n) is 5.81. The number of carboxylic acids is 1. The lowest BCUT2D eigenvalue weighted by molar-refractivity contribution is -0.143. The Morgan fingerprint density at radius 2 is 2.00 bits per heavy atom. The van der Waals surface area contributed by atoms with Gasteiger partial charge in [-0.3, -0.25) is 9.89 Å². The molecule has 1 rings (SSSR count). The summed E-state index contributed by atoms with van der Waals surface area (Å²) in [6.45, 7) is 4.78. The summed E-state index contributed by atoms with van der Waals surface area (Å²) in [6, 6.07) is 0. The molecule has 23 heavy (non-hydrogen) atoms. The Balaban J connectivity index is 2.73. The van der Waals surface area contributed by atoms with Gasteiger partial charge in [-0.2, -0.15) is 18.3 Å². The van der Waals surface area contributed by atoms with Gasteiger partial charge < -0.3 is 15.2 Å². The molecule has 0 aliphatic carbocycles. The van der Waals surface area contributed by atoms with Crippen molar-refractivity contribution in [1.29, 1.82) is 0 Å². The van der Waals surface area contributed by atoms with Crippen molar-refractivity contribution in [2.24, 2.45) is 0 Å². The highest BCUT2D eigenvalue weighted by molar-refractivity contribution is 5.76. The van der Waals surface area contributed by atoms with E-state index in [2.05, 4.69) is 10.4 Å². The molecule has 1 atom stereocenters. The van der Waals surface area contributed by atoms with Crippen LogP contribution in [-0.2, 0) is 15.7 Å². The Bertz CT molecular complexity index is 564. The van der Waals surface area contributed by atoms with Gasteiger partial charge in [0.15, 0.2) is 0 Å². The van der Waals surface area contributed by atoms with Crippen LogP contribution in [-0.4, -0.2) is 39.5 Å². The number of aromatic nitrogens is 2. The number of nitrogens with one attached hydrogen (secondary N) is 2. The smallest absolute Gasteiger partial charge is 0.433 e. The average Bonchev–Trinajstić information content (AvgIpc) is 2.80. The van der Waals surface area contributed by atoms with Gasteiger partial charge in [0.05, 0.1) is 12.1 Å². The van der Waals surface area contributed by atoms with Crippen LogP contribution in [0.5, 0.6) is 0 Å². The molecule has 0 aliphatic heterocycles. The molecule has 0 aliphatic rings. The molecule has 1 aromatic rings. The van der Waals surface area contributed by atoms with Crippen LogP contribution in [0.25, 0.3) is 0 Å². The van der Waals surface area contributed by atoms with Crippen LogP contribution in [0.1, 0.15) is 44.4 Å². The van der Waals surface area contributed by atoms with Crippen molar-refractivity contribution in [3.63, 3.8) is 0 Å². The molecule has 7 nitrogen and oxygen atoms in total. The van der Waals surface area contributed by atoms with E-state index in [4.69, 9.17) is 9.84 Å². The predicted octanol–water partition coefficient (Wildman–Crippen LogP) is 2.51. The first-order valence-electron chi connectivity index (χ1n) is 6.72. The third-order valence-corrected chi connectivity index (χ3v) is 2.73. The number of nitrogens with zero attached hydrogens (tertiary/aromatic N) is 1. The van der Waals surface area contributed by atoms with E-state index < -0.39 is 41.0 Å². The molecule has 0 saturated heterocycles. The Morgan fingerprint density at radius 1 is 1.39 bits per heavy atom. The summed E-state index contributed by atoms with van der Waals surface area (Å²) in [4.78, 5) is 22.7. The standard InChI is InChI=1S/C13H18F3N3O4/c1-12(2,3)23-11(22)17-5-4-7(10(20)21)8-6-18-19-9(8)13(14,15)16/h6-7H,4-5H2,1-3H3,(H,17,22)(H,18,19)(H,20,21). The van der Waals surface area contributed by atoms with Crippen molar-refractivity contribution >= 4 is 12.1 Å². The molecule has 0 bridgehead atoms.